The van der Waals surface area contributed by atoms with Crippen molar-refractivity contribution in [2.24, 2.45) is 0 Å². The summed E-state index contributed by atoms with van der Waals surface area (Å²) in [5, 5.41) is 15.6. The van der Waals surface area contributed by atoms with Gasteiger partial charge in [0, 0.05) is 12.1 Å². The molecule has 0 aliphatic rings. The Kier molecular flexibility index (Phi) is 4.78. The van der Waals surface area contributed by atoms with Gasteiger partial charge in [-0.25, -0.2) is 9.78 Å². The number of pyridine rings is 1. The van der Waals surface area contributed by atoms with Gasteiger partial charge >= 0.3 is 5.97 Å². The molecule has 0 radical (unpaired) electrons. The number of nitrogens with one attached hydrogen (secondary N) is 2. The average molecular weight is 272 g/mol. The van der Waals surface area contributed by atoms with E-state index in [2.05, 4.69) is 15.6 Å². The SMILES string of the molecule is CC(C)Nc1cc(Cl)nc(NC(C)C)c1C(=O)O. The molecule has 1 aromatic rings. The van der Waals surface area contributed by atoms with Gasteiger partial charge in [-0.1, -0.05) is 11.6 Å². The predicted molar refractivity (Wildman–Crippen MR) is 73.7 cm³/mol. The van der Waals surface area contributed by atoms with Gasteiger partial charge in [0.25, 0.3) is 0 Å². The molecule has 3 N–H and O–H groups in total. The molecule has 1 heterocycles. The lowest BCUT2D eigenvalue weighted by atomic mass is 10.2. The Morgan fingerprint density at radius 2 is 1.83 bits per heavy atom. The third-order valence-electron chi connectivity index (χ3n) is 2.07. The molecule has 0 aromatic carbocycles. The molecule has 1 rings (SSSR count). The number of halogens is 1. The molecule has 0 aliphatic heterocycles. The summed E-state index contributed by atoms with van der Waals surface area (Å²) in [5.41, 5.74) is 0.586. The van der Waals surface area contributed by atoms with Gasteiger partial charge in [0.05, 0.1) is 5.69 Å². The second-order valence-corrected chi connectivity index (χ2v) is 5.01. The zero-order valence-electron chi connectivity index (χ0n) is 10.9. The van der Waals surface area contributed by atoms with Crippen LogP contribution in [0.4, 0.5) is 11.5 Å². The minimum atomic E-state index is -1.04. The Balaban J connectivity index is 3.31. The van der Waals surface area contributed by atoms with Crippen molar-refractivity contribution in [3.05, 3.63) is 16.8 Å². The summed E-state index contributed by atoms with van der Waals surface area (Å²) in [5.74, 6) is -0.751. The van der Waals surface area contributed by atoms with Gasteiger partial charge in [0.1, 0.15) is 16.5 Å². The minimum Gasteiger partial charge on any atom is -0.477 e. The van der Waals surface area contributed by atoms with Crippen LogP contribution in [0.25, 0.3) is 0 Å². The molecular weight excluding hydrogens is 254 g/mol. The van der Waals surface area contributed by atoms with Crippen LogP contribution in [0.3, 0.4) is 0 Å². The summed E-state index contributed by atoms with van der Waals surface area (Å²) in [7, 11) is 0. The van der Waals surface area contributed by atoms with Gasteiger partial charge in [-0.2, -0.15) is 0 Å². The largest absolute Gasteiger partial charge is 0.477 e. The first-order chi connectivity index (χ1) is 8.31. The van der Waals surface area contributed by atoms with E-state index in [0.29, 0.717) is 5.69 Å². The monoisotopic (exact) mass is 271 g/mol. The average Bonchev–Trinajstić information content (AvgIpc) is 2.12. The summed E-state index contributed by atoms with van der Waals surface area (Å²) < 4.78 is 0. The van der Waals surface area contributed by atoms with Crippen LogP contribution in [0.2, 0.25) is 5.15 Å². The molecule has 0 amide bonds. The maximum absolute atomic E-state index is 11.4. The Labute approximate surface area is 112 Å². The van der Waals surface area contributed by atoms with Gasteiger partial charge < -0.3 is 15.7 Å². The van der Waals surface area contributed by atoms with Gasteiger partial charge in [-0.3, -0.25) is 0 Å². The number of carbonyl (C=O) groups is 1. The topological polar surface area (TPSA) is 74.2 Å². The van der Waals surface area contributed by atoms with Crippen LogP contribution in [0.5, 0.6) is 0 Å². The summed E-state index contributed by atoms with van der Waals surface area (Å²) in [6, 6.07) is 1.70. The van der Waals surface area contributed by atoms with Crippen molar-refractivity contribution in [1.29, 1.82) is 0 Å². The number of rotatable bonds is 5. The Bertz CT molecular complexity index is 416. The first kappa shape index (κ1) is 14.6. The van der Waals surface area contributed by atoms with Crippen LogP contribution in [-0.2, 0) is 0 Å². The van der Waals surface area contributed by atoms with Crippen molar-refractivity contribution in [1.82, 2.24) is 4.98 Å². The first-order valence-electron chi connectivity index (χ1n) is 5.78. The van der Waals surface area contributed by atoms with E-state index in [1.165, 1.54) is 6.07 Å². The van der Waals surface area contributed by atoms with Crippen LogP contribution < -0.4 is 10.6 Å². The van der Waals surface area contributed by atoms with Crippen molar-refractivity contribution in [3.63, 3.8) is 0 Å². The normalized spacial score (nSPS) is 10.8. The highest BCUT2D eigenvalue weighted by molar-refractivity contribution is 6.30. The molecule has 100 valence electrons. The molecule has 0 saturated heterocycles. The number of aromatic carboxylic acids is 1. The quantitative estimate of drug-likeness (QED) is 0.718. The third-order valence-corrected chi connectivity index (χ3v) is 2.27. The fraction of sp³-hybridized carbons (Fsp3) is 0.500. The van der Waals surface area contributed by atoms with Gasteiger partial charge in [-0.05, 0) is 33.8 Å². The Morgan fingerprint density at radius 3 is 2.28 bits per heavy atom. The highest BCUT2D eigenvalue weighted by Gasteiger charge is 2.19. The van der Waals surface area contributed by atoms with Crippen molar-refractivity contribution < 1.29 is 9.90 Å². The predicted octanol–water partition coefficient (Wildman–Crippen LogP) is 3.07. The molecular formula is C12H18ClN3O2. The molecule has 5 nitrogen and oxygen atoms in total. The zero-order valence-corrected chi connectivity index (χ0v) is 11.7. The van der Waals surface area contributed by atoms with E-state index in [1.807, 2.05) is 27.7 Å². The Morgan fingerprint density at radius 1 is 1.28 bits per heavy atom. The highest BCUT2D eigenvalue weighted by atomic mass is 35.5. The van der Waals surface area contributed by atoms with Gasteiger partial charge in [-0.15, -0.1) is 0 Å². The van der Waals surface area contributed by atoms with E-state index < -0.39 is 5.97 Å². The molecule has 0 atom stereocenters. The summed E-state index contributed by atoms with van der Waals surface area (Å²) >= 11 is 5.91. The summed E-state index contributed by atoms with van der Waals surface area (Å²) in [4.78, 5) is 15.4. The molecule has 0 unspecified atom stereocenters. The number of carboxylic acids is 1. The van der Waals surface area contributed by atoms with E-state index in [0.717, 1.165) is 0 Å². The summed E-state index contributed by atoms with van der Waals surface area (Å²) in [6.45, 7) is 7.67. The van der Waals surface area contributed by atoms with Crippen LogP contribution >= 0.6 is 11.6 Å². The van der Waals surface area contributed by atoms with Gasteiger partial charge in [0.15, 0.2) is 0 Å². The number of anilines is 2. The van der Waals surface area contributed by atoms with Crippen molar-refractivity contribution >= 4 is 29.1 Å². The second-order valence-electron chi connectivity index (χ2n) is 4.62. The van der Waals surface area contributed by atoms with Gasteiger partial charge in [0.2, 0.25) is 0 Å². The number of hydrogen-bond acceptors (Lipinski definition) is 4. The third kappa shape index (κ3) is 3.77. The number of hydrogen-bond donors (Lipinski definition) is 3. The molecule has 0 spiro atoms. The Hall–Kier alpha value is -1.49. The van der Waals surface area contributed by atoms with Crippen LogP contribution in [0, 0.1) is 0 Å². The summed E-state index contributed by atoms with van der Waals surface area (Å²) in [6.07, 6.45) is 0. The lowest BCUT2D eigenvalue weighted by molar-refractivity contribution is 0.0698. The molecule has 0 saturated carbocycles. The lowest BCUT2D eigenvalue weighted by Crippen LogP contribution is -2.19. The van der Waals surface area contributed by atoms with E-state index in [-0.39, 0.29) is 28.6 Å². The fourth-order valence-corrected chi connectivity index (χ4v) is 1.73. The molecule has 0 aliphatic carbocycles. The lowest BCUT2D eigenvalue weighted by Gasteiger charge is -2.17. The van der Waals surface area contributed by atoms with Crippen LogP contribution in [-0.4, -0.2) is 28.1 Å². The van der Waals surface area contributed by atoms with Crippen molar-refractivity contribution in [2.75, 3.05) is 10.6 Å². The van der Waals surface area contributed by atoms with Crippen molar-refractivity contribution in [3.8, 4) is 0 Å². The molecule has 0 bridgehead atoms. The maximum atomic E-state index is 11.4. The van der Waals surface area contributed by atoms with Crippen LogP contribution in [0.1, 0.15) is 38.1 Å². The molecule has 6 heteroatoms. The van der Waals surface area contributed by atoms with E-state index in [9.17, 15) is 9.90 Å². The zero-order chi connectivity index (χ0) is 13.9. The minimum absolute atomic E-state index is 0.0703. The molecule has 0 fully saturated rings. The number of aromatic nitrogens is 1. The number of carboxylic acid groups (broad SMARTS) is 1. The second kappa shape index (κ2) is 5.91. The fourth-order valence-electron chi connectivity index (χ4n) is 1.53. The van der Waals surface area contributed by atoms with E-state index in [1.54, 1.807) is 0 Å². The van der Waals surface area contributed by atoms with E-state index >= 15 is 0 Å². The number of nitrogens with zero attached hydrogens (tertiary/aromatic N) is 1. The maximum Gasteiger partial charge on any atom is 0.341 e. The molecule has 1 aromatic heterocycles. The highest BCUT2D eigenvalue weighted by Crippen LogP contribution is 2.27. The smallest absolute Gasteiger partial charge is 0.341 e. The van der Waals surface area contributed by atoms with Crippen LogP contribution in [0.15, 0.2) is 6.07 Å². The molecule has 18 heavy (non-hydrogen) atoms. The van der Waals surface area contributed by atoms with E-state index in [4.69, 9.17) is 11.6 Å². The standard InChI is InChI=1S/C12H18ClN3O2/c1-6(2)14-8-5-9(13)16-11(15-7(3)4)10(8)12(17)18/h5-7H,1-4H3,(H,17,18)(H2,14,15,16). The first-order valence-corrected chi connectivity index (χ1v) is 6.16. The van der Waals surface area contributed by atoms with Crippen molar-refractivity contribution in [2.45, 2.75) is 39.8 Å².